The number of nitrogens with one attached hydrogen (secondary N) is 1. The first kappa shape index (κ1) is 11.1. The molecule has 16 heavy (non-hydrogen) atoms. The predicted octanol–water partition coefficient (Wildman–Crippen LogP) is 0.727. The minimum absolute atomic E-state index is 0.133. The van der Waals surface area contributed by atoms with Crippen molar-refractivity contribution >= 4 is 5.91 Å². The van der Waals surface area contributed by atoms with Crippen LogP contribution >= 0.6 is 0 Å². The molecule has 1 saturated carbocycles. The van der Waals surface area contributed by atoms with Crippen LogP contribution in [0.3, 0.4) is 0 Å². The number of aromatic nitrogens is 1. The molecule has 1 fully saturated rings. The number of hydrogen-bond donors (Lipinski definition) is 2. The van der Waals surface area contributed by atoms with Crippen LogP contribution in [0.25, 0.3) is 0 Å². The quantitative estimate of drug-likeness (QED) is 0.788. The van der Waals surface area contributed by atoms with E-state index in [2.05, 4.69) is 10.3 Å². The van der Waals surface area contributed by atoms with Gasteiger partial charge in [0.15, 0.2) is 0 Å². The fourth-order valence-electron chi connectivity index (χ4n) is 1.70. The van der Waals surface area contributed by atoms with Gasteiger partial charge < -0.3 is 15.5 Å². The van der Waals surface area contributed by atoms with Crippen LogP contribution in [0.1, 0.15) is 31.4 Å². The van der Waals surface area contributed by atoms with E-state index in [9.17, 15) is 4.79 Å². The maximum atomic E-state index is 11.8. The molecule has 1 aromatic heterocycles. The van der Waals surface area contributed by atoms with Gasteiger partial charge in [-0.05, 0) is 32.6 Å². The van der Waals surface area contributed by atoms with Gasteiger partial charge in [-0.1, -0.05) is 0 Å². The number of amides is 1. The number of hydrogen-bond acceptors (Lipinski definition) is 4. The van der Waals surface area contributed by atoms with Crippen molar-refractivity contribution in [3.63, 3.8) is 0 Å². The van der Waals surface area contributed by atoms with Gasteiger partial charge in [-0.25, -0.2) is 4.98 Å². The second-order valence-corrected chi connectivity index (χ2v) is 4.60. The summed E-state index contributed by atoms with van der Waals surface area (Å²) in [7, 11) is 0. The molecule has 1 unspecified atom stereocenters. The summed E-state index contributed by atoms with van der Waals surface area (Å²) in [4.78, 5) is 15.8. The highest BCUT2D eigenvalue weighted by atomic mass is 16.4. The summed E-state index contributed by atoms with van der Waals surface area (Å²) in [5, 5.41) is 2.75. The lowest BCUT2D eigenvalue weighted by Gasteiger charge is -2.22. The topological polar surface area (TPSA) is 81.2 Å². The van der Waals surface area contributed by atoms with Gasteiger partial charge in [-0.15, -0.1) is 0 Å². The van der Waals surface area contributed by atoms with Crippen LogP contribution in [-0.4, -0.2) is 16.4 Å². The number of nitrogens with two attached hydrogens (primary N) is 1. The van der Waals surface area contributed by atoms with Gasteiger partial charge in [0.2, 0.25) is 11.8 Å². The largest absolute Gasteiger partial charge is 0.444 e. The maximum absolute atomic E-state index is 11.8. The summed E-state index contributed by atoms with van der Waals surface area (Å²) in [6.45, 7) is 3.89. The molecule has 2 rings (SSSR count). The molecule has 1 aromatic rings. The van der Waals surface area contributed by atoms with E-state index < -0.39 is 5.54 Å². The zero-order valence-electron chi connectivity index (χ0n) is 9.62. The lowest BCUT2D eigenvalue weighted by Crippen LogP contribution is -2.53. The Labute approximate surface area is 94.4 Å². The van der Waals surface area contributed by atoms with Crippen LogP contribution in [0.15, 0.2) is 10.6 Å². The summed E-state index contributed by atoms with van der Waals surface area (Å²) in [5.41, 5.74) is 5.21. The molecular weight excluding hydrogens is 206 g/mol. The molecule has 5 nitrogen and oxygen atoms in total. The molecule has 0 aliphatic heterocycles. The van der Waals surface area contributed by atoms with Crippen molar-refractivity contribution in [2.24, 2.45) is 11.7 Å². The number of oxazole rings is 1. The molecule has 1 atom stereocenters. The Bertz CT molecular complexity index is 394. The second-order valence-electron chi connectivity index (χ2n) is 4.60. The van der Waals surface area contributed by atoms with E-state index in [0.29, 0.717) is 18.4 Å². The average molecular weight is 223 g/mol. The third-order valence-corrected chi connectivity index (χ3v) is 2.98. The highest BCUT2D eigenvalue weighted by Gasteiger charge is 2.43. The molecule has 0 radical (unpaired) electrons. The van der Waals surface area contributed by atoms with E-state index in [0.717, 1.165) is 18.6 Å². The average Bonchev–Trinajstić information content (AvgIpc) is 3.00. The molecule has 88 valence electrons. The van der Waals surface area contributed by atoms with Gasteiger partial charge in [-0.3, -0.25) is 4.79 Å². The fraction of sp³-hybridized carbons (Fsp3) is 0.636. The number of aryl methyl sites for hydroxylation is 1. The lowest BCUT2D eigenvalue weighted by atomic mass is 9.96. The van der Waals surface area contributed by atoms with Gasteiger partial charge in [0.05, 0.1) is 18.3 Å². The molecule has 5 heteroatoms. The van der Waals surface area contributed by atoms with E-state index >= 15 is 0 Å². The monoisotopic (exact) mass is 223 g/mol. The predicted molar refractivity (Wildman–Crippen MR) is 58.4 cm³/mol. The van der Waals surface area contributed by atoms with Gasteiger partial charge in [0, 0.05) is 0 Å². The van der Waals surface area contributed by atoms with Gasteiger partial charge in [0.25, 0.3) is 0 Å². The number of carbonyl (C=O) groups is 1. The fourth-order valence-corrected chi connectivity index (χ4v) is 1.70. The van der Waals surface area contributed by atoms with Crippen molar-refractivity contribution in [3.8, 4) is 0 Å². The Morgan fingerprint density at radius 3 is 2.94 bits per heavy atom. The molecular formula is C11H17N3O2. The molecule has 1 amide bonds. The first-order chi connectivity index (χ1) is 7.50. The van der Waals surface area contributed by atoms with Crippen molar-refractivity contribution < 1.29 is 9.21 Å². The first-order valence-electron chi connectivity index (χ1n) is 5.48. The van der Waals surface area contributed by atoms with Crippen molar-refractivity contribution in [2.75, 3.05) is 0 Å². The number of carbonyl (C=O) groups excluding carboxylic acids is 1. The molecule has 1 aliphatic carbocycles. The standard InChI is InChI=1S/C11H17N3O2/c1-7-5-13-9(16-7)6-14-10(15)11(2,12)8-3-4-8/h5,8H,3-4,6,12H2,1-2H3,(H,14,15). The summed E-state index contributed by atoms with van der Waals surface area (Å²) >= 11 is 0. The highest BCUT2D eigenvalue weighted by Crippen LogP contribution is 2.38. The smallest absolute Gasteiger partial charge is 0.240 e. The summed E-state index contributed by atoms with van der Waals surface area (Å²) in [6, 6.07) is 0. The molecule has 0 aromatic carbocycles. The molecule has 1 aliphatic rings. The molecule has 0 spiro atoms. The second kappa shape index (κ2) is 3.90. The van der Waals surface area contributed by atoms with Crippen LogP contribution in [0.4, 0.5) is 0 Å². The number of nitrogens with zero attached hydrogens (tertiary/aromatic N) is 1. The number of rotatable bonds is 4. The summed E-state index contributed by atoms with van der Waals surface area (Å²) in [6.07, 6.45) is 3.71. The Morgan fingerprint density at radius 1 is 1.75 bits per heavy atom. The van der Waals surface area contributed by atoms with E-state index in [1.807, 2.05) is 6.92 Å². The van der Waals surface area contributed by atoms with Crippen LogP contribution < -0.4 is 11.1 Å². The van der Waals surface area contributed by atoms with E-state index in [4.69, 9.17) is 10.2 Å². The molecule has 0 bridgehead atoms. The van der Waals surface area contributed by atoms with E-state index in [-0.39, 0.29) is 5.91 Å². The summed E-state index contributed by atoms with van der Waals surface area (Å²) < 4.78 is 5.26. The minimum Gasteiger partial charge on any atom is -0.444 e. The molecule has 0 saturated heterocycles. The van der Waals surface area contributed by atoms with Crippen molar-refractivity contribution in [1.29, 1.82) is 0 Å². The van der Waals surface area contributed by atoms with Crippen LogP contribution in [0, 0.1) is 12.8 Å². The van der Waals surface area contributed by atoms with Crippen molar-refractivity contribution in [2.45, 2.75) is 38.8 Å². The summed E-state index contributed by atoms with van der Waals surface area (Å²) in [5.74, 6) is 1.43. The van der Waals surface area contributed by atoms with Crippen LogP contribution in [0.5, 0.6) is 0 Å². The Morgan fingerprint density at radius 2 is 2.44 bits per heavy atom. The molecule has 3 N–H and O–H groups in total. The van der Waals surface area contributed by atoms with Crippen molar-refractivity contribution in [1.82, 2.24) is 10.3 Å². The Balaban J connectivity index is 1.88. The van der Waals surface area contributed by atoms with Crippen molar-refractivity contribution in [3.05, 3.63) is 17.8 Å². The van der Waals surface area contributed by atoms with Gasteiger partial charge >= 0.3 is 0 Å². The van der Waals surface area contributed by atoms with Crippen LogP contribution in [-0.2, 0) is 11.3 Å². The van der Waals surface area contributed by atoms with Gasteiger partial charge in [-0.2, -0.15) is 0 Å². The third-order valence-electron chi connectivity index (χ3n) is 2.98. The SMILES string of the molecule is Cc1cnc(CNC(=O)C(C)(N)C2CC2)o1. The van der Waals surface area contributed by atoms with E-state index in [1.54, 1.807) is 13.1 Å². The lowest BCUT2D eigenvalue weighted by molar-refractivity contribution is -0.126. The zero-order chi connectivity index (χ0) is 11.8. The first-order valence-corrected chi connectivity index (χ1v) is 5.48. The molecule has 1 heterocycles. The highest BCUT2D eigenvalue weighted by molar-refractivity contribution is 5.86. The Kier molecular flexibility index (Phi) is 2.71. The van der Waals surface area contributed by atoms with Gasteiger partial charge in [0.1, 0.15) is 5.76 Å². The third kappa shape index (κ3) is 2.24. The zero-order valence-corrected chi connectivity index (χ0v) is 9.62. The minimum atomic E-state index is -0.762. The maximum Gasteiger partial charge on any atom is 0.240 e. The normalized spacial score (nSPS) is 19.2. The van der Waals surface area contributed by atoms with E-state index in [1.165, 1.54) is 0 Å². The van der Waals surface area contributed by atoms with Crippen LogP contribution in [0.2, 0.25) is 0 Å². The Hall–Kier alpha value is -1.36.